The van der Waals surface area contributed by atoms with Gasteiger partial charge in [0.2, 0.25) is 21.8 Å². The minimum atomic E-state index is -3.61. The number of benzene rings is 1. The van der Waals surface area contributed by atoms with Crippen molar-refractivity contribution >= 4 is 39.9 Å². The van der Waals surface area contributed by atoms with Crippen molar-refractivity contribution < 1.29 is 22.7 Å². The van der Waals surface area contributed by atoms with E-state index in [1.807, 2.05) is 0 Å². The smallest absolute Gasteiger partial charge is 0.249 e. The highest BCUT2D eigenvalue weighted by Gasteiger charge is 2.31. The molecule has 5 N–H and O–H groups in total. The monoisotopic (exact) mass is 420 g/mol. The van der Waals surface area contributed by atoms with Gasteiger partial charge in [0.25, 0.3) is 0 Å². The summed E-state index contributed by atoms with van der Waals surface area (Å²) >= 11 is 0. The molecule has 0 radical (unpaired) electrons. The fourth-order valence-electron chi connectivity index (χ4n) is 2.55. The van der Waals surface area contributed by atoms with Crippen LogP contribution in [0.1, 0.15) is 19.8 Å². The topological polar surface area (TPSA) is 140 Å². The number of anilines is 1. The average molecular weight is 421 g/mol. The van der Waals surface area contributed by atoms with E-state index < -0.39 is 28.1 Å². The molecule has 1 heterocycles. The lowest BCUT2D eigenvalue weighted by Crippen LogP contribution is -2.46. The van der Waals surface area contributed by atoms with Crippen LogP contribution in [0.25, 0.3) is 0 Å². The molecule has 1 saturated heterocycles. The number of sulfonamides is 1. The summed E-state index contributed by atoms with van der Waals surface area (Å²) in [6, 6.07) is 5.02. The molecule has 0 saturated carbocycles. The van der Waals surface area contributed by atoms with Gasteiger partial charge < -0.3 is 21.1 Å². The normalized spacial score (nSPS) is 20.4. The standard InChI is InChI=1S/C16H24N4O5S.ClH/c1-10(19-16(22)14-7-6-12(9-17)25-14)15(21)20-11-4-3-5-13(8-11)26(23,24)18-2;/h3-5,8,10,12,14,18H,6-7,9,17H2,1-2H3,(H,19,22)(H,20,21);1H/t10?,12-,14+;/m1./s1. The van der Waals surface area contributed by atoms with E-state index in [1.54, 1.807) is 6.07 Å². The summed E-state index contributed by atoms with van der Waals surface area (Å²) in [6.45, 7) is 1.89. The Balaban J connectivity index is 0.00000364. The van der Waals surface area contributed by atoms with Crippen LogP contribution in [-0.4, -0.2) is 52.1 Å². The number of amides is 2. The Morgan fingerprint density at radius 2 is 2.04 bits per heavy atom. The van der Waals surface area contributed by atoms with E-state index in [0.717, 1.165) is 0 Å². The molecule has 9 nitrogen and oxygen atoms in total. The Labute approximate surface area is 164 Å². The minimum Gasteiger partial charge on any atom is -0.364 e. The van der Waals surface area contributed by atoms with E-state index in [2.05, 4.69) is 15.4 Å². The van der Waals surface area contributed by atoms with E-state index in [-0.39, 0.29) is 29.3 Å². The van der Waals surface area contributed by atoms with Crippen LogP contribution >= 0.6 is 12.4 Å². The molecule has 152 valence electrons. The molecular formula is C16H25ClN4O5S. The van der Waals surface area contributed by atoms with Gasteiger partial charge >= 0.3 is 0 Å². The molecule has 0 aromatic heterocycles. The number of carbonyl (C=O) groups is 2. The van der Waals surface area contributed by atoms with E-state index >= 15 is 0 Å². The van der Waals surface area contributed by atoms with Crippen molar-refractivity contribution in [2.75, 3.05) is 18.9 Å². The maximum absolute atomic E-state index is 12.3. The molecule has 3 atom stereocenters. The summed E-state index contributed by atoms with van der Waals surface area (Å²) < 4.78 is 31.3. The first kappa shape index (κ1) is 23.3. The molecular weight excluding hydrogens is 396 g/mol. The third-order valence-electron chi connectivity index (χ3n) is 4.10. The lowest BCUT2D eigenvalue weighted by molar-refractivity contribution is -0.134. The molecule has 1 aliphatic heterocycles. The maximum atomic E-state index is 12.3. The molecule has 1 aliphatic rings. The second kappa shape index (κ2) is 10.00. The largest absolute Gasteiger partial charge is 0.364 e. The van der Waals surface area contributed by atoms with Gasteiger partial charge in [-0.1, -0.05) is 6.07 Å². The van der Waals surface area contributed by atoms with Crippen LogP contribution in [0.3, 0.4) is 0 Å². The molecule has 2 amide bonds. The Morgan fingerprint density at radius 1 is 1.33 bits per heavy atom. The first-order valence-corrected chi connectivity index (χ1v) is 9.75. The zero-order chi connectivity index (χ0) is 19.3. The number of nitrogens with one attached hydrogen (secondary N) is 3. The van der Waals surface area contributed by atoms with Crippen LogP contribution in [0.4, 0.5) is 5.69 Å². The van der Waals surface area contributed by atoms with Gasteiger partial charge in [0.15, 0.2) is 0 Å². The van der Waals surface area contributed by atoms with Crippen LogP contribution < -0.4 is 21.1 Å². The predicted molar refractivity (Wildman–Crippen MR) is 103 cm³/mol. The van der Waals surface area contributed by atoms with Crippen molar-refractivity contribution in [1.29, 1.82) is 0 Å². The number of hydrogen-bond acceptors (Lipinski definition) is 6. The lowest BCUT2D eigenvalue weighted by atomic mass is 10.2. The molecule has 0 aliphatic carbocycles. The van der Waals surface area contributed by atoms with Gasteiger partial charge in [-0.2, -0.15) is 0 Å². The summed E-state index contributed by atoms with van der Waals surface area (Å²) in [5.41, 5.74) is 5.83. The van der Waals surface area contributed by atoms with Gasteiger partial charge in [-0.3, -0.25) is 9.59 Å². The second-order valence-corrected chi connectivity index (χ2v) is 7.90. The van der Waals surface area contributed by atoms with E-state index in [9.17, 15) is 18.0 Å². The van der Waals surface area contributed by atoms with Gasteiger partial charge in [0.1, 0.15) is 12.1 Å². The summed E-state index contributed by atoms with van der Waals surface area (Å²) in [7, 11) is -2.31. The van der Waals surface area contributed by atoms with Crippen LogP contribution in [0.5, 0.6) is 0 Å². The Bertz CT molecular complexity index is 774. The van der Waals surface area contributed by atoms with Crippen LogP contribution in [0.15, 0.2) is 29.2 Å². The SMILES string of the molecule is CNS(=O)(=O)c1cccc(NC(=O)C(C)NC(=O)[C@@H]2CC[C@H](CN)O2)c1.Cl. The average Bonchev–Trinajstić information content (AvgIpc) is 3.11. The molecule has 1 aromatic rings. The molecule has 27 heavy (non-hydrogen) atoms. The first-order chi connectivity index (χ1) is 12.3. The first-order valence-electron chi connectivity index (χ1n) is 8.27. The van der Waals surface area contributed by atoms with Crippen molar-refractivity contribution in [3.05, 3.63) is 24.3 Å². The Hall–Kier alpha value is -1.72. The molecule has 1 fully saturated rings. The highest BCUT2D eigenvalue weighted by Crippen LogP contribution is 2.19. The van der Waals surface area contributed by atoms with Gasteiger partial charge in [0.05, 0.1) is 11.0 Å². The van der Waals surface area contributed by atoms with Gasteiger partial charge in [-0.15, -0.1) is 12.4 Å². The molecule has 0 spiro atoms. The Morgan fingerprint density at radius 3 is 2.63 bits per heavy atom. The number of ether oxygens (including phenoxy) is 1. The fourth-order valence-corrected chi connectivity index (χ4v) is 3.33. The quantitative estimate of drug-likeness (QED) is 0.488. The molecule has 1 unspecified atom stereocenters. The van der Waals surface area contributed by atoms with Gasteiger partial charge in [0, 0.05) is 12.2 Å². The van der Waals surface area contributed by atoms with Crippen molar-refractivity contribution in [1.82, 2.24) is 10.0 Å². The number of nitrogens with two attached hydrogens (primary N) is 1. The lowest BCUT2D eigenvalue weighted by Gasteiger charge is -2.17. The third-order valence-corrected chi connectivity index (χ3v) is 5.51. The number of halogens is 1. The van der Waals surface area contributed by atoms with Gasteiger partial charge in [-0.25, -0.2) is 13.1 Å². The number of rotatable bonds is 7. The van der Waals surface area contributed by atoms with E-state index in [0.29, 0.717) is 25.1 Å². The molecule has 11 heteroatoms. The fraction of sp³-hybridized carbons (Fsp3) is 0.500. The minimum absolute atomic E-state index is 0. The van der Waals surface area contributed by atoms with Crippen molar-refractivity contribution in [3.63, 3.8) is 0 Å². The highest BCUT2D eigenvalue weighted by atomic mass is 35.5. The van der Waals surface area contributed by atoms with Gasteiger partial charge in [-0.05, 0) is 45.0 Å². The van der Waals surface area contributed by atoms with Crippen molar-refractivity contribution in [2.24, 2.45) is 5.73 Å². The summed E-state index contributed by atoms with van der Waals surface area (Å²) in [5, 5.41) is 5.18. The zero-order valence-electron chi connectivity index (χ0n) is 15.1. The van der Waals surface area contributed by atoms with Crippen LogP contribution in [0, 0.1) is 0 Å². The van der Waals surface area contributed by atoms with Crippen LogP contribution in [-0.2, 0) is 24.3 Å². The van der Waals surface area contributed by atoms with Crippen molar-refractivity contribution in [2.45, 2.75) is 42.9 Å². The number of hydrogen-bond donors (Lipinski definition) is 4. The van der Waals surface area contributed by atoms with Crippen molar-refractivity contribution in [3.8, 4) is 0 Å². The predicted octanol–water partition coefficient (Wildman–Crippen LogP) is -0.0340. The van der Waals surface area contributed by atoms with Crippen LogP contribution in [0.2, 0.25) is 0 Å². The Kier molecular flexibility index (Phi) is 8.63. The molecule has 0 bridgehead atoms. The zero-order valence-corrected chi connectivity index (χ0v) is 16.7. The third kappa shape index (κ3) is 6.15. The van der Waals surface area contributed by atoms with E-state index in [1.165, 1.54) is 32.2 Å². The highest BCUT2D eigenvalue weighted by molar-refractivity contribution is 7.89. The summed E-state index contributed by atoms with van der Waals surface area (Å²) in [5.74, 6) is -0.833. The second-order valence-electron chi connectivity index (χ2n) is 6.01. The molecule has 1 aromatic carbocycles. The summed E-state index contributed by atoms with van der Waals surface area (Å²) in [6.07, 6.45) is 0.531. The number of carbonyl (C=O) groups excluding carboxylic acids is 2. The maximum Gasteiger partial charge on any atom is 0.249 e. The molecule has 2 rings (SSSR count). The van der Waals surface area contributed by atoms with E-state index in [4.69, 9.17) is 10.5 Å². The summed E-state index contributed by atoms with van der Waals surface area (Å²) in [4.78, 5) is 24.4.